The molecule has 1 aromatic rings. The number of hydrogen-bond donors (Lipinski definition) is 1. The first kappa shape index (κ1) is 12.3. The van der Waals surface area contributed by atoms with Gasteiger partial charge in [-0.15, -0.1) is 0 Å². The van der Waals surface area contributed by atoms with E-state index >= 15 is 0 Å². The molecule has 0 unspecified atom stereocenters. The molecular weight excluding hydrogens is 245 g/mol. The second-order valence-electron chi connectivity index (χ2n) is 2.55. The van der Waals surface area contributed by atoms with E-state index in [2.05, 4.69) is 0 Å². The van der Waals surface area contributed by atoms with Crippen LogP contribution in [0.4, 0.5) is 30.7 Å². The molecule has 0 aromatic heterocycles. The Morgan fingerprint density at radius 3 is 1.44 bits per heavy atom. The SMILES string of the molecule is Oc1c(F)c(F)c(C(F)=C(F)F)c(F)c1F. The van der Waals surface area contributed by atoms with Gasteiger partial charge in [0.1, 0.15) is 0 Å². The van der Waals surface area contributed by atoms with Gasteiger partial charge < -0.3 is 5.11 Å². The highest BCUT2D eigenvalue weighted by atomic mass is 19.3. The molecule has 0 aliphatic rings. The van der Waals surface area contributed by atoms with E-state index in [1.54, 1.807) is 0 Å². The summed E-state index contributed by atoms with van der Waals surface area (Å²) >= 11 is 0. The molecule has 0 heterocycles. The van der Waals surface area contributed by atoms with Crippen LogP contribution in [-0.2, 0) is 0 Å². The molecule has 1 aromatic carbocycles. The Balaban J connectivity index is 3.72. The van der Waals surface area contributed by atoms with E-state index in [4.69, 9.17) is 5.11 Å². The number of benzene rings is 1. The maximum Gasteiger partial charge on any atom is 0.306 e. The lowest BCUT2D eigenvalue weighted by atomic mass is 10.1. The van der Waals surface area contributed by atoms with Gasteiger partial charge in [0.15, 0.2) is 17.4 Å². The molecule has 0 radical (unpaired) electrons. The molecule has 1 nitrogen and oxygen atoms in total. The third kappa shape index (κ3) is 1.70. The maximum absolute atomic E-state index is 12.8. The number of aromatic hydroxyl groups is 1. The highest BCUT2D eigenvalue weighted by Gasteiger charge is 2.29. The van der Waals surface area contributed by atoms with Crippen LogP contribution in [0, 0.1) is 23.3 Å². The molecule has 0 saturated heterocycles. The fourth-order valence-electron chi connectivity index (χ4n) is 0.907. The monoisotopic (exact) mass is 246 g/mol. The van der Waals surface area contributed by atoms with Gasteiger partial charge in [-0.05, 0) is 0 Å². The minimum Gasteiger partial charge on any atom is -0.503 e. The minimum absolute atomic E-state index is 2.05. The summed E-state index contributed by atoms with van der Waals surface area (Å²) in [4.78, 5) is 0. The van der Waals surface area contributed by atoms with Gasteiger partial charge in [-0.25, -0.2) is 13.2 Å². The largest absolute Gasteiger partial charge is 0.503 e. The first-order chi connectivity index (χ1) is 7.29. The van der Waals surface area contributed by atoms with Gasteiger partial charge in [0.05, 0.1) is 5.56 Å². The molecule has 88 valence electrons. The van der Waals surface area contributed by atoms with Crippen LogP contribution in [0.1, 0.15) is 5.56 Å². The summed E-state index contributed by atoms with van der Waals surface area (Å²) in [6, 6.07) is 0. The number of hydrogen-bond acceptors (Lipinski definition) is 1. The molecule has 0 fully saturated rings. The van der Waals surface area contributed by atoms with Crippen LogP contribution in [0.3, 0.4) is 0 Å². The fourth-order valence-corrected chi connectivity index (χ4v) is 0.907. The van der Waals surface area contributed by atoms with Crippen molar-refractivity contribution in [1.82, 2.24) is 0 Å². The molecule has 0 amide bonds. The van der Waals surface area contributed by atoms with Crippen molar-refractivity contribution in [2.75, 3.05) is 0 Å². The van der Waals surface area contributed by atoms with Gasteiger partial charge in [-0.2, -0.15) is 17.6 Å². The summed E-state index contributed by atoms with van der Waals surface area (Å²) in [5.41, 5.74) is -2.20. The van der Waals surface area contributed by atoms with E-state index in [1.807, 2.05) is 0 Å². The van der Waals surface area contributed by atoms with Crippen LogP contribution in [0.25, 0.3) is 5.83 Å². The summed E-state index contributed by atoms with van der Waals surface area (Å²) in [7, 11) is 0. The van der Waals surface area contributed by atoms with Crippen LogP contribution in [0.2, 0.25) is 0 Å². The Kier molecular flexibility index (Phi) is 3.11. The molecule has 0 bridgehead atoms. The smallest absolute Gasteiger partial charge is 0.306 e. The zero-order valence-corrected chi connectivity index (χ0v) is 7.09. The van der Waals surface area contributed by atoms with E-state index < -0.39 is 46.5 Å². The van der Waals surface area contributed by atoms with Crippen LogP contribution in [-0.4, -0.2) is 5.11 Å². The number of phenolic OH excluding ortho intramolecular Hbond substituents is 1. The summed E-state index contributed by atoms with van der Waals surface area (Å²) in [6.45, 7) is 0. The Bertz CT molecular complexity index is 447. The molecule has 0 aliphatic heterocycles. The molecular formula is C8HF7O. The highest BCUT2D eigenvalue weighted by molar-refractivity contribution is 5.62. The van der Waals surface area contributed by atoms with E-state index in [0.29, 0.717) is 0 Å². The summed E-state index contributed by atoms with van der Waals surface area (Å²) in [6.07, 6.45) is -3.15. The van der Waals surface area contributed by atoms with Crippen molar-refractivity contribution in [2.45, 2.75) is 0 Å². The summed E-state index contributed by atoms with van der Waals surface area (Å²) in [5, 5.41) is 8.46. The second-order valence-corrected chi connectivity index (χ2v) is 2.55. The second kappa shape index (κ2) is 4.03. The van der Waals surface area contributed by atoms with Crippen molar-refractivity contribution in [3.05, 3.63) is 34.9 Å². The topological polar surface area (TPSA) is 20.2 Å². The zero-order chi connectivity index (χ0) is 12.6. The zero-order valence-electron chi connectivity index (χ0n) is 7.09. The van der Waals surface area contributed by atoms with Crippen molar-refractivity contribution in [3.63, 3.8) is 0 Å². The summed E-state index contributed by atoms with van der Waals surface area (Å²) < 4.78 is 86.6. The van der Waals surface area contributed by atoms with Crippen molar-refractivity contribution >= 4 is 5.83 Å². The summed E-state index contributed by atoms with van der Waals surface area (Å²) in [5.74, 6) is -14.4. The fraction of sp³-hybridized carbons (Fsp3) is 0. The van der Waals surface area contributed by atoms with E-state index in [-0.39, 0.29) is 0 Å². The van der Waals surface area contributed by atoms with Gasteiger partial charge in [0.25, 0.3) is 0 Å². The molecule has 0 saturated carbocycles. The molecule has 1 rings (SSSR count). The molecule has 1 N–H and O–H groups in total. The van der Waals surface area contributed by atoms with Crippen molar-refractivity contribution < 1.29 is 35.8 Å². The molecule has 8 heteroatoms. The van der Waals surface area contributed by atoms with Gasteiger partial charge >= 0.3 is 6.08 Å². The lowest BCUT2D eigenvalue weighted by molar-refractivity contribution is 0.351. The molecule has 0 spiro atoms. The predicted octanol–water partition coefficient (Wildman–Crippen LogP) is 3.48. The predicted molar refractivity (Wildman–Crippen MR) is 38.2 cm³/mol. The Morgan fingerprint density at radius 1 is 0.750 bits per heavy atom. The quantitative estimate of drug-likeness (QED) is 0.594. The average molecular weight is 246 g/mol. The van der Waals surface area contributed by atoms with Crippen LogP contribution in [0.5, 0.6) is 5.75 Å². The van der Waals surface area contributed by atoms with Crippen LogP contribution in [0.15, 0.2) is 6.08 Å². The highest BCUT2D eigenvalue weighted by Crippen LogP contribution is 2.34. The van der Waals surface area contributed by atoms with Crippen LogP contribution >= 0.6 is 0 Å². The van der Waals surface area contributed by atoms with Crippen molar-refractivity contribution in [2.24, 2.45) is 0 Å². The molecule has 16 heavy (non-hydrogen) atoms. The average Bonchev–Trinajstić information content (AvgIpc) is 2.23. The first-order valence-electron chi connectivity index (χ1n) is 3.55. The lowest BCUT2D eigenvalue weighted by Crippen LogP contribution is -2.02. The number of rotatable bonds is 1. The third-order valence-electron chi connectivity index (χ3n) is 1.63. The Labute approximate surface area is 83.4 Å². The van der Waals surface area contributed by atoms with Gasteiger partial charge in [0, 0.05) is 0 Å². The van der Waals surface area contributed by atoms with Crippen LogP contribution < -0.4 is 0 Å². The van der Waals surface area contributed by atoms with E-state index in [9.17, 15) is 30.7 Å². The van der Waals surface area contributed by atoms with E-state index in [0.717, 1.165) is 0 Å². The number of phenols is 1. The number of halogens is 7. The van der Waals surface area contributed by atoms with Crippen molar-refractivity contribution in [1.29, 1.82) is 0 Å². The van der Waals surface area contributed by atoms with E-state index in [1.165, 1.54) is 0 Å². The lowest BCUT2D eigenvalue weighted by Gasteiger charge is -2.06. The maximum atomic E-state index is 12.8. The van der Waals surface area contributed by atoms with Gasteiger partial charge in [0.2, 0.25) is 17.5 Å². The molecule has 0 atom stereocenters. The standard InChI is InChI=1S/C8HF7O/c9-2-1(4(11)8(14)15)3(10)6(13)7(16)5(2)12/h16H. The normalized spacial score (nSPS) is 10.4. The van der Waals surface area contributed by atoms with Crippen molar-refractivity contribution in [3.8, 4) is 5.75 Å². The Morgan fingerprint density at radius 2 is 1.12 bits per heavy atom. The third-order valence-corrected chi connectivity index (χ3v) is 1.63. The molecule has 0 aliphatic carbocycles. The van der Waals surface area contributed by atoms with Gasteiger partial charge in [-0.1, -0.05) is 0 Å². The van der Waals surface area contributed by atoms with Gasteiger partial charge in [-0.3, -0.25) is 0 Å². The minimum atomic E-state index is -3.15. The first-order valence-corrected chi connectivity index (χ1v) is 3.55. The Hall–Kier alpha value is -1.73.